The minimum atomic E-state index is -0.0314. The van der Waals surface area contributed by atoms with Crippen molar-refractivity contribution in [2.75, 3.05) is 27.7 Å². The van der Waals surface area contributed by atoms with E-state index in [0.29, 0.717) is 18.9 Å². The number of aromatic nitrogens is 2. The molecule has 124 valence electrons. The van der Waals surface area contributed by atoms with Crippen molar-refractivity contribution in [3.05, 3.63) is 26.6 Å². The van der Waals surface area contributed by atoms with E-state index in [-0.39, 0.29) is 11.5 Å². The number of rotatable bonds is 4. The van der Waals surface area contributed by atoms with Crippen LogP contribution in [0.15, 0.2) is 4.79 Å². The van der Waals surface area contributed by atoms with Crippen LogP contribution >= 0.6 is 11.3 Å². The number of hydrogen-bond acceptors (Lipinski definition) is 4. The summed E-state index contributed by atoms with van der Waals surface area (Å²) in [6.07, 6.45) is 4.40. The summed E-state index contributed by atoms with van der Waals surface area (Å²) in [5.74, 6) is 0.725. The van der Waals surface area contributed by atoms with Gasteiger partial charge in [0.15, 0.2) is 12.4 Å². The smallest absolute Gasteiger partial charge is 0.277 e. The SMILES string of the molecule is CN(C)C(=O)C[NH+](C)Cc1nc2sc3c(c2c(=O)[nH]1)CCCC3. The Morgan fingerprint density at radius 3 is 2.83 bits per heavy atom. The van der Waals surface area contributed by atoms with Gasteiger partial charge in [-0.2, -0.15) is 0 Å². The topological polar surface area (TPSA) is 70.5 Å². The molecule has 0 spiro atoms. The van der Waals surface area contributed by atoms with Crippen molar-refractivity contribution in [2.45, 2.75) is 32.2 Å². The van der Waals surface area contributed by atoms with Crippen LogP contribution in [0.2, 0.25) is 0 Å². The first kappa shape index (κ1) is 16.1. The van der Waals surface area contributed by atoms with Crippen molar-refractivity contribution in [1.82, 2.24) is 14.9 Å². The molecule has 2 heterocycles. The first-order valence-corrected chi connectivity index (χ1v) is 8.82. The molecule has 1 atom stereocenters. The van der Waals surface area contributed by atoms with Crippen LogP contribution in [-0.4, -0.2) is 48.5 Å². The number of amides is 1. The molecule has 3 rings (SSSR count). The number of carbonyl (C=O) groups is 1. The van der Waals surface area contributed by atoms with Gasteiger partial charge in [0.05, 0.1) is 12.4 Å². The predicted molar refractivity (Wildman–Crippen MR) is 91.0 cm³/mol. The zero-order valence-electron chi connectivity index (χ0n) is 13.9. The maximum absolute atomic E-state index is 12.5. The average molecular weight is 335 g/mol. The van der Waals surface area contributed by atoms with Crippen LogP contribution in [0.3, 0.4) is 0 Å². The summed E-state index contributed by atoms with van der Waals surface area (Å²) in [7, 11) is 5.43. The molecule has 2 aromatic heterocycles. The first-order chi connectivity index (χ1) is 11.0. The second-order valence-corrected chi connectivity index (χ2v) is 7.59. The molecule has 2 N–H and O–H groups in total. The molecule has 0 bridgehead atoms. The molecule has 1 aliphatic rings. The summed E-state index contributed by atoms with van der Waals surface area (Å²) in [6, 6.07) is 0. The summed E-state index contributed by atoms with van der Waals surface area (Å²) in [5, 5.41) is 0.787. The Bertz CT molecular complexity index is 793. The highest BCUT2D eigenvalue weighted by Gasteiger charge is 2.21. The molecule has 1 unspecified atom stereocenters. The Morgan fingerprint density at radius 1 is 1.35 bits per heavy atom. The van der Waals surface area contributed by atoms with Gasteiger partial charge in [-0.1, -0.05) is 0 Å². The highest BCUT2D eigenvalue weighted by atomic mass is 32.1. The molecule has 0 aromatic carbocycles. The van der Waals surface area contributed by atoms with E-state index in [0.717, 1.165) is 34.4 Å². The minimum absolute atomic E-state index is 0.0314. The number of aromatic amines is 1. The number of fused-ring (bicyclic) bond motifs is 3. The third-order valence-electron chi connectivity index (χ3n) is 4.30. The molecular formula is C16H23N4O2S+. The van der Waals surface area contributed by atoms with E-state index >= 15 is 0 Å². The van der Waals surface area contributed by atoms with Crippen molar-refractivity contribution in [1.29, 1.82) is 0 Å². The highest BCUT2D eigenvalue weighted by molar-refractivity contribution is 7.18. The van der Waals surface area contributed by atoms with Crippen LogP contribution in [0.25, 0.3) is 10.2 Å². The van der Waals surface area contributed by atoms with E-state index in [2.05, 4.69) is 9.97 Å². The molecule has 1 aliphatic carbocycles. The normalized spacial score (nSPS) is 15.4. The van der Waals surface area contributed by atoms with Gasteiger partial charge in [-0.15, -0.1) is 11.3 Å². The Labute approximate surface area is 139 Å². The fraction of sp³-hybridized carbons (Fsp3) is 0.562. The number of aryl methyl sites for hydroxylation is 2. The molecule has 0 aliphatic heterocycles. The van der Waals surface area contributed by atoms with Gasteiger partial charge in [0.1, 0.15) is 11.4 Å². The Balaban J connectivity index is 1.85. The standard InChI is InChI=1S/C16H22N4O2S/c1-19(2)13(21)9-20(3)8-12-17-15(22)14-10-6-4-5-7-11(10)23-16(14)18-12/h4-9H2,1-3H3,(H,17,18,22)/p+1. The summed E-state index contributed by atoms with van der Waals surface area (Å²) in [6.45, 7) is 0.920. The van der Waals surface area contributed by atoms with Crippen LogP contribution in [0.5, 0.6) is 0 Å². The van der Waals surface area contributed by atoms with Gasteiger partial charge in [-0.05, 0) is 31.2 Å². The number of hydrogen-bond donors (Lipinski definition) is 2. The lowest BCUT2D eigenvalue weighted by atomic mass is 9.97. The number of nitrogens with zero attached hydrogens (tertiary/aromatic N) is 2. The summed E-state index contributed by atoms with van der Waals surface area (Å²) >= 11 is 1.66. The molecular weight excluding hydrogens is 312 g/mol. The van der Waals surface area contributed by atoms with Gasteiger partial charge in [-0.3, -0.25) is 9.59 Å². The first-order valence-electron chi connectivity index (χ1n) is 8.00. The van der Waals surface area contributed by atoms with E-state index in [1.54, 1.807) is 30.3 Å². The van der Waals surface area contributed by atoms with Gasteiger partial charge < -0.3 is 14.8 Å². The third-order valence-corrected chi connectivity index (χ3v) is 5.48. The van der Waals surface area contributed by atoms with Gasteiger partial charge in [0, 0.05) is 19.0 Å². The second kappa shape index (κ2) is 6.41. The summed E-state index contributed by atoms with van der Waals surface area (Å²) in [5.41, 5.74) is 1.18. The second-order valence-electron chi connectivity index (χ2n) is 6.50. The number of quaternary nitrogens is 1. The monoisotopic (exact) mass is 335 g/mol. The van der Waals surface area contributed by atoms with Gasteiger partial charge in [-0.25, -0.2) is 4.98 Å². The maximum Gasteiger partial charge on any atom is 0.277 e. The molecule has 0 saturated carbocycles. The largest absolute Gasteiger partial charge is 0.344 e. The molecule has 23 heavy (non-hydrogen) atoms. The number of nitrogens with one attached hydrogen (secondary N) is 2. The number of thiophene rings is 1. The number of carbonyl (C=O) groups excluding carboxylic acids is 1. The van der Waals surface area contributed by atoms with E-state index in [4.69, 9.17) is 0 Å². The molecule has 2 aromatic rings. The lowest BCUT2D eigenvalue weighted by Crippen LogP contribution is -3.09. The van der Waals surface area contributed by atoms with Crippen LogP contribution < -0.4 is 10.5 Å². The maximum atomic E-state index is 12.5. The lowest BCUT2D eigenvalue weighted by Gasteiger charge is -2.16. The van der Waals surface area contributed by atoms with E-state index in [1.165, 1.54) is 16.9 Å². The van der Waals surface area contributed by atoms with Crippen molar-refractivity contribution in [3.63, 3.8) is 0 Å². The molecule has 0 radical (unpaired) electrons. The number of H-pyrrole nitrogens is 1. The van der Waals surface area contributed by atoms with Crippen molar-refractivity contribution < 1.29 is 9.69 Å². The molecule has 7 heteroatoms. The van der Waals surface area contributed by atoms with Gasteiger partial charge >= 0.3 is 0 Å². The third kappa shape index (κ3) is 3.30. The molecule has 0 saturated heterocycles. The fourth-order valence-electron chi connectivity index (χ4n) is 3.06. The van der Waals surface area contributed by atoms with Crippen molar-refractivity contribution in [3.8, 4) is 0 Å². The average Bonchev–Trinajstić information content (AvgIpc) is 2.85. The van der Waals surface area contributed by atoms with Crippen LogP contribution in [0.1, 0.15) is 29.1 Å². The fourth-order valence-corrected chi connectivity index (χ4v) is 4.34. The quantitative estimate of drug-likeness (QED) is 0.824. The Hall–Kier alpha value is -1.73. The van der Waals surface area contributed by atoms with E-state index < -0.39 is 0 Å². The van der Waals surface area contributed by atoms with E-state index in [1.807, 2.05) is 7.05 Å². The number of likely N-dealkylation sites (N-methyl/N-ethyl adjacent to an activating group) is 2. The molecule has 1 amide bonds. The van der Waals surface area contributed by atoms with E-state index in [9.17, 15) is 9.59 Å². The Morgan fingerprint density at radius 2 is 2.09 bits per heavy atom. The lowest BCUT2D eigenvalue weighted by molar-refractivity contribution is -0.886. The van der Waals surface area contributed by atoms with Crippen LogP contribution in [0, 0.1) is 0 Å². The van der Waals surface area contributed by atoms with Crippen molar-refractivity contribution >= 4 is 27.5 Å². The molecule has 0 fully saturated rings. The van der Waals surface area contributed by atoms with Gasteiger partial charge in [0.2, 0.25) is 0 Å². The molecule has 6 nitrogen and oxygen atoms in total. The van der Waals surface area contributed by atoms with Crippen LogP contribution in [0.4, 0.5) is 0 Å². The Kier molecular flexibility index (Phi) is 4.50. The van der Waals surface area contributed by atoms with Crippen molar-refractivity contribution in [2.24, 2.45) is 0 Å². The summed E-state index contributed by atoms with van der Waals surface area (Å²) in [4.78, 5) is 36.6. The highest BCUT2D eigenvalue weighted by Crippen LogP contribution is 2.33. The summed E-state index contributed by atoms with van der Waals surface area (Å²) < 4.78 is 0. The minimum Gasteiger partial charge on any atom is -0.344 e. The zero-order chi connectivity index (χ0) is 16.6. The van der Waals surface area contributed by atoms with Gasteiger partial charge in [0.25, 0.3) is 11.5 Å². The zero-order valence-corrected chi connectivity index (χ0v) is 14.7. The predicted octanol–water partition coefficient (Wildman–Crippen LogP) is -0.0337. The van der Waals surface area contributed by atoms with Crippen LogP contribution in [-0.2, 0) is 24.2 Å².